The minimum atomic E-state index is -3.79. The van der Waals surface area contributed by atoms with Gasteiger partial charge in [0.05, 0.1) is 16.6 Å². The molecule has 0 saturated heterocycles. The van der Waals surface area contributed by atoms with Crippen LogP contribution in [0.1, 0.15) is 23.1 Å². The molecule has 4 rings (SSSR count). The van der Waals surface area contributed by atoms with E-state index >= 15 is 0 Å². The first-order valence-electron chi connectivity index (χ1n) is 10.2. The van der Waals surface area contributed by atoms with Crippen molar-refractivity contribution in [1.29, 1.82) is 0 Å². The molecule has 0 N–H and O–H groups in total. The lowest BCUT2D eigenvalue weighted by atomic mass is 9.85. The fourth-order valence-electron chi connectivity index (χ4n) is 4.15. The van der Waals surface area contributed by atoms with E-state index < -0.39 is 10.0 Å². The van der Waals surface area contributed by atoms with E-state index in [-0.39, 0.29) is 16.8 Å². The van der Waals surface area contributed by atoms with Crippen molar-refractivity contribution in [1.82, 2.24) is 0 Å². The van der Waals surface area contributed by atoms with Crippen LogP contribution in [-0.2, 0) is 10.0 Å². The summed E-state index contributed by atoms with van der Waals surface area (Å²) in [5.74, 6) is -0.289. The summed E-state index contributed by atoms with van der Waals surface area (Å²) in [6.07, 6.45) is 0.745. The van der Waals surface area contributed by atoms with E-state index in [2.05, 4.69) is 45.2 Å². The average Bonchev–Trinajstić information content (AvgIpc) is 2.79. The van der Waals surface area contributed by atoms with Gasteiger partial charge in [-0.1, -0.05) is 93.2 Å². The zero-order chi connectivity index (χ0) is 22.9. The minimum absolute atomic E-state index is 0.284. The van der Waals surface area contributed by atoms with Gasteiger partial charge >= 0.3 is 0 Å². The molecule has 0 bridgehead atoms. The van der Waals surface area contributed by atoms with Gasteiger partial charge in [-0.15, -0.1) is 0 Å². The highest BCUT2D eigenvalue weighted by Crippen LogP contribution is 2.45. The molecule has 1 aliphatic rings. The first kappa shape index (κ1) is 23.7. The number of para-hydroxylation sites is 1. The van der Waals surface area contributed by atoms with Gasteiger partial charge in [0.25, 0.3) is 10.0 Å². The Balaban J connectivity index is 1.99. The first-order chi connectivity index (χ1) is 15.4. The number of sulfonamides is 1. The van der Waals surface area contributed by atoms with E-state index in [1.54, 1.807) is 28.6 Å². The maximum atomic E-state index is 13.9. The van der Waals surface area contributed by atoms with E-state index in [9.17, 15) is 12.8 Å². The zero-order valence-corrected chi connectivity index (χ0v) is 22.6. The molecule has 3 aromatic carbocycles. The lowest BCUT2D eigenvalue weighted by Crippen LogP contribution is -2.45. The number of nitrogens with zero attached hydrogens (tertiary/aromatic N) is 1. The van der Waals surface area contributed by atoms with Crippen molar-refractivity contribution in [3.05, 3.63) is 101 Å². The second kappa shape index (κ2) is 9.80. The van der Waals surface area contributed by atoms with Crippen molar-refractivity contribution >= 4 is 66.5 Å². The number of halogens is 3. The molecule has 0 radical (unpaired) electrons. The largest absolute Gasteiger partial charge is 0.264 e. The van der Waals surface area contributed by atoms with E-state index in [0.29, 0.717) is 10.1 Å². The number of alkyl halides is 2. The van der Waals surface area contributed by atoms with E-state index in [0.717, 1.165) is 38.7 Å². The Morgan fingerprint density at radius 1 is 0.938 bits per heavy atom. The normalized spacial score (nSPS) is 16.2. The van der Waals surface area contributed by atoms with Gasteiger partial charge in [-0.3, -0.25) is 4.31 Å². The molecule has 1 heterocycles. The van der Waals surface area contributed by atoms with E-state index in [4.69, 9.17) is 0 Å². The molecule has 0 fully saturated rings. The second-order valence-corrected chi connectivity index (χ2v) is 11.4. The summed E-state index contributed by atoms with van der Waals surface area (Å²) in [6.45, 7) is 1.94. The van der Waals surface area contributed by atoms with Crippen LogP contribution in [0.3, 0.4) is 0 Å². The second-order valence-electron chi connectivity index (χ2n) is 7.65. The minimum Gasteiger partial charge on any atom is -0.258 e. The van der Waals surface area contributed by atoms with Crippen LogP contribution in [-0.4, -0.2) is 23.3 Å². The smallest absolute Gasteiger partial charge is 0.258 e. The summed E-state index contributed by atoms with van der Waals surface area (Å²) in [5, 5.41) is 0. The zero-order valence-electron chi connectivity index (χ0n) is 17.4. The summed E-state index contributed by atoms with van der Waals surface area (Å²) in [5.41, 5.74) is 5.50. The molecule has 1 atom stereocenters. The van der Waals surface area contributed by atoms with Crippen LogP contribution in [0.25, 0.3) is 5.57 Å². The van der Waals surface area contributed by atoms with Crippen LogP contribution in [0, 0.1) is 12.7 Å². The number of anilines is 1. The van der Waals surface area contributed by atoms with Gasteiger partial charge in [0.2, 0.25) is 0 Å². The van der Waals surface area contributed by atoms with Gasteiger partial charge in [0, 0.05) is 14.4 Å². The van der Waals surface area contributed by atoms with E-state index in [1.807, 2.05) is 43.3 Å². The van der Waals surface area contributed by atoms with Gasteiger partial charge in [0.15, 0.2) is 0 Å². The Hall–Kier alpha value is -1.46. The molecule has 166 valence electrons. The third-order valence-corrected chi connectivity index (χ3v) is 8.85. The Bertz CT molecular complexity index is 1260. The third kappa shape index (κ3) is 4.35. The van der Waals surface area contributed by atoms with Crippen LogP contribution in [0.4, 0.5) is 10.1 Å². The monoisotopic (exact) mass is 673 g/mol. The molecular formula is C25H22FI2NO2S. The first-order valence-corrected chi connectivity index (χ1v) is 14.7. The quantitative estimate of drug-likeness (QED) is 0.214. The van der Waals surface area contributed by atoms with Crippen molar-refractivity contribution in [2.24, 2.45) is 0 Å². The summed E-state index contributed by atoms with van der Waals surface area (Å²) in [4.78, 5) is 0.284. The Morgan fingerprint density at radius 3 is 2.22 bits per heavy atom. The average molecular weight is 673 g/mol. The third-order valence-electron chi connectivity index (χ3n) is 5.64. The lowest BCUT2D eigenvalue weighted by molar-refractivity contribution is 0.585. The Kier molecular flexibility index (Phi) is 7.26. The van der Waals surface area contributed by atoms with Gasteiger partial charge in [-0.2, -0.15) is 0 Å². The van der Waals surface area contributed by atoms with Crippen LogP contribution >= 0.6 is 45.2 Å². The number of rotatable bonds is 6. The molecule has 0 unspecified atom stereocenters. The van der Waals surface area contributed by atoms with Crippen LogP contribution in [0.15, 0.2) is 83.3 Å². The molecule has 1 aliphatic heterocycles. The SMILES string of the molecule is Cc1ccc(S(=O)(=O)N2c3ccccc3C(c3ccc(F)cc3)=C(CCI)[C@@H]2CI)cc1. The van der Waals surface area contributed by atoms with Crippen molar-refractivity contribution in [3.63, 3.8) is 0 Å². The number of hydrogen-bond donors (Lipinski definition) is 0. The van der Waals surface area contributed by atoms with Crippen LogP contribution < -0.4 is 4.31 Å². The predicted molar refractivity (Wildman–Crippen MR) is 146 cm³/mol. The number of aryl methyl sites for hydroxylation is 1. The molecule has 0 amide bonds. The van der Waals surface area contributed by atoms with Crippen molar-refractivity contribution < 1.29 is 12.8 Å². The van der Waals surface area contributed by atoms with Crippen molar-refractivity contribution in [3.8, 4) is 0 Å². The topological polar surface area (TPSA) is 37.4 Å². The molecule has 0 spiro atoms. The number of benzene rings is 3. The molecule has 7 heteroatoms. The van der Waals surface area contributed by atoms with Gasteiger partial charge in [-0.05, 0) is 60.4 Å². The molecule has 0 saturated carbocycles. The molecule has 3 nitrogen and oxygen atoms in total. The van der Waals surface area contributed by atoms with Gasteiger partial charge in [0.1, 0.15) is 5.82 Å². The summed E-state index contributed by atoms with van der Waals surface area (Å²) in [6, 6.07) is 20.8. The van der Waals surface area contributed by atoms with Gasteiger partial charge in [-0.25, -0.2) is 12.8 Å². The summed E-state index contributed by atoms with van der Waals surface area (Å²) >= 11 is 4.60. The number of fused-ring (bicyclic) bond motifs is 1. The fourth-order valence-corrected chi connectivity index (χ4v) is 7.59. The molecule has 32 heavy (non-hydrogen) atoms. The van der Waals surface area contributed by atoms with Crippen LogP contribution in [0.5, 0.6) is 0 Å². The lowest BCUT2D eigenvalue weighted by Gasteiger charge is -2.40. The van der Waals surface area contributed by atoms with Crippen molar-refractivity contribution in [2.45, 2.75) is 24.3 Å². The summed E-state index contributed by atoms with van der Waals surface area (Å²) < 4.78 is 44.5. The van der Waals surface area contributed by atoms with E-state index in [1.165, 1.54) is 12.1 Å². The molecular weight excluding hydrogens is 651 g/mol. The van der Waals surface area contributed by atoms with Gasteiger partial charge < -0.3 is 0 Å². The highest BCUT2D eigenvalue weighted by atomic mass is 127. The maximum absolute atomic E-state index is 13.9. The maximum Gasteiger partial charge on any atom is 0.264 e. The molecule has 0 aliphatic carbocycles. The summed E-state index contributed by atoms with van der Waals surface area (Å²) in [7, 11) is -3.79. The van der Waals surface area contributed by atoms with Crippen LogP contribution in [0.2, 0.25) is 0 Å². The molecule has 0 aromatic heterocycles. The fraction of sp³-hybridized carbons (Fsp3) is 0.200. The standard InChI is InChI=1S/C25H22FI2NO2S/c1-17-6-12-20(13-7-17)32(30,31)29-23-5-3-2-4-21(23)25(18-8-10-19(26)11-9-18)22(14-15-27)24(29)16-28/h2-13,24H,14-16H2,1H3/t24-/m0/s1. The highest BCUT2D eigenvalue weighted by Gasteiger charge is 2.39. The Morgan fingerprint density at radius 2 is 1.59 bits per heavy atom. The highest BCUT2D eigenvalue weighted by molar-refractivity contribution is 14.1. The molecule has 3 aromatic rings. The number of hydrogen-bond acceptors (Lipinski definition) is 2. The van der Waals surface area contributed by atoms with Crippen molar-refractivity contribution in [2.75, 3.05) is 13.2 Å². The predicted octanol–water partition coefficient (Wildman–Crippen LogP) is 6.77. The Labute approximate surface area is 216 Å².